The molecule has 0 aromatic heterocycles. The highest BCUT2D eigenvalue weighted by atomic mass is 16.3. The third-order valence-electron chi connectivity index (χ3n) is 6.35. The monoisotopic (exact) mass is 313 g/mol. The third kappa shape index (κ3) is 2.59. The molecule has 4 atom stereocenters. The Bertz CT molecular complexity index is 605. The van der Waals surface area contributed by atoms with Crippen LogP contribution in [0.5, 0.6) is 0 Å². The van der Waals surface area contributed by atoms with Crippen molar-refractivity contribution in [3.05, 3.63) is 29.8 Å². The van der Waals surface area contributed by atoms with E-state index < -0.39 is 5.60 Å². The van der Waals surface area contributed by atoms with Gasteiger partial charge in [0.05, 0.1) is 11.0 Å². The zero-order valence-electron chi connectivity index (χ0n) is 14.1. The predicted molar refractivity (Wildman–Crippen MR) is 91.2 cm³/mol. The van der Waals surface area contributed by atoms with Crippen molar-refractivity contribution in [1.29, 1.82) is 0 Å². The van der Waals surface area contributed by atoms with Gasteiger partial charge in [-0.2, -0.15) is 0 Å². The Labute approximate surface area is 138 Å². The topological polar surface area (TPSA) is 49.3 Å². The van der Waals surface area contributed by atoms with Crippen LogP contribution in [0, 0.1) is 17.3 Å². The molecule has 2 unspecified atom stereocenters. The summed E-state index contributed by atoms with van der Waals surface area (Å²) in [5.74, 6) is 1.70. The van der Waals surface area contributed by atoms with Gasteiger partial charge in [0.2, 0.25) is 5.91 Å². The van der Waals surface area contributed by atoms with Crippen LogP contribution in [-0.4, -0.2) is 16.6 Å². The van der Waals surface area contributed by atoms with E-state index in [9.17, 15) is 9.90 Å². The number of benzene rings is 1. The number of hydrogen-bond acceptors (Lipinski definition) is 2. The van der Waals surface area contributed by atoms with E-state index in [0.717, 1.165) is 31.4 Å². The van der Waals surface area contributed by atoms with Crippen molar-refractivity contribution in [3.63, 3.8) is 0 Å². The van der Waals surface area contributed by atoms with E-state index in [-0.39, 0.29) is 11.3 Å². The van der Waals surface area contributed by atoms with Crippen LogP contribution in [0.25, 0.3) is 0 Å². The van der Waals surface area contributed by atoms with Gasteiger partial charge in [0.1, 0.15) is 0 Å². The number of nitrogens with one attached hydrogen (secondary N) is 1. The highest BCUT2D eigenvalue weighted by Gasteiger charge is 2.60. The van der Waals surface area contributed by atoms with Crippen LogP contribution >= 0.6 is 0 Å². The Morgan fingerprint density at radius 1 is 1.13 bits per heavy atom. The summed E-state index contributed by atoms with van der Waals surface area (Å²) < 4.78 is 0. The quantitative estimate of drug-likeness (QED) is 0.883. The zero-order valence-corrected chi connectivity index (χ0v) is 14.1. The van der Waals surface area contributed by atoms with Gasteiger partial charge in [-0.25, -0.2) is 0 Å². The molecule has 0 heterocycles. The third-order valence-corrected chi connectivity index (χ3v) is 6.35. The summed E-state index contributed by atoms with van der Waals surface area (Å²) in [5.41, 5.74) is 1.24. The van der Waals surface area contributed by atoms with E-state index in [1.807, 2.05) is 12.1 Å². The van der Waals surface area contributed by atoms with Gasteiger partial charge in [-0.05, 0) is 74.0 Å². The maximum absolute atomic E-state index is 13.0. The molecule has 124 valence electrons. The van der Waals surface area contributed by atoms with E-state index >= 15 is 0 Å². The van der Waals surface area contributed by atoms with E-state index in [4.69, 9.17) is 0 Å². The van der Waals surface area contributed by atoms with Crippen molar-refractivity contribution >= 4 is 11.6 Å². The van der Waals surface area contributed by atoms with Crippen molar-refractivity contribution in [3.8, 4) is 0 Å². The number of hydrogen-bond donors (Lipinski definition) is 2. The minimum atomic E-state index is -0.580. The Morgan fingerprint density at radius 2 is 1.74 bits per heavy atom. The van der Waals surface area contributed by atoms with Gasteiger partial charge < -0.3 is 10.4 Å². The van der Waals surface area contributed by atoms with Gasteiger partial charge in [0.15, 0.2) is 0 Å². The van der Waals surface area contributed by atoms with Crippen LogP contribution in [0.1, 0.15) is 63.9 Å². The summed E-state index contributed by atoms with van der Waals surface area (Å²) in [6, 6.07) is 8.19. The molecule has 0 aliphatic heterocycles. The predicted octanol–water partition coefficient (Wildman–Crippen LogP) is 4.08. The first-order chi connectivity index (χ1) is 10.9. The second kappa shape index (κ2) is 5.07. The highest BCUT2D eigenvalue weighted by molar-refractivity contribution is 5.95. The molecule has 5 rings (SSSR count). The Kier molecular flexibility index (Phi) is 3.35. The molecular formula is C20H27NO2. The SMILES string of the molecule is CC(C)c1ccc(NC(=O)C23C[C@@H]4C[C@@H](CC(O)(C4)C2)C3)cc1. The summed E-state index contributed by atoms with van der Waals surface area (Å²) in [6.07, 6.45) is 5.59. The maximum Gasteiger partial charge on any atom is 0.230 e. The van der Waals surface area contributed by atoms with Crippen molar-refractivity contribution < 1.29 is 9.90 Å². The van der Waals surface area contributed by atoms with E-state index in [1.165, 1.54) is 12.0 Å². The molecule has 2 N–H and O–H groups in total. The van der Waals surface area contributed by atoms with Crippen molar-refractivity contribution in [2.75, 3.05) is 5.32 Å². The molecule has 3 heteroatoms. The van der Waals surface area contributed by atoms with Gasteiger partial charge in [-0.15, -0.1) is 0 Å². The highest BCUT2D eigenvalue weighted by Crippen LogP contribution is 2.61. The zero-order chi connectivity index (χ0) is 16.2. The van der Waals surface area contributed by atoms with Gasteiger partial charge in [0, 0.05) is 5.69 Å². The Balaban J connectivity index is 1.53. The molecule has 4 aliphatic carbocycles. The number of amides is 1. The normalized spacial score (nSPS) is 38.1. The second-order valence-electron chi connectivity index (χ2n) is 8.70. The van der Waals surface area contributed by atoms with Gasteiger partial charge in [0.25, 0.3) is 0 Å². The molecule has 4 bridgehead atoms. The molecule has 0 radical (unpaired) electrons. The fourth-order valence-corrected chi connectivity index (χ4v) is 5.69. The molecule has 0 saturated heterocycles. The molecular weight excluding hydrogens is 286 g/mol. The summed E-state index contributed by atoms with van der Waals surface area (Å²) in [7, 11) is 0. The Hall–Kier alpha value is -1.35. The average Bonchev–Trinajstić information content (AvgIpc) is 2.45. The van der Waals surface area contributed by atoms with Crippen LogP contribution in [0.3, 0.4) is 0 Å². The van der Waals surface area contributed by atoms with E-state index in [0.29, 0.717) is 24.2 Å². The largest absolute Gasteiger partial charge is 0.390 e. The lowest BCUT2D eigenvalue weighted by Gasteiger charge is -2.59. The fraction of sp³-hybridized carbons (Fsp3) is 0.650. The molecule has 4 saturated carbocycles. The van der Waals surface area contributed by atoms with Gasteiger partial charge in [-0.1, -0.05) is 26.0 Å². The van der Waals surface area contributed by atoms with Crippen LogP contribution in [-0.2, 0) is 4.79 Å². The molecule has 1 aromatic carbocycles. The second-order valence-corrected chi connectivity index (χ2v) is 8.70. The smallest absolute Gasteiger partial charge is 0.230 e. The first-order valence-corrected chi connectivity index (χ1v) is 9.01. The van der Waals surface area contributed by atoms with Crippen LogP contribution in [0.4, 0.5) is 5.69 Å². The van der Waals surface area contributed by atoms with Crippen LogP contribution in [0.15, 0.2) is 24.3 Å². The average molecular weight is 313 g/mol. The van der Waals surface area contributed by atoms with Crippen molar-refractivity contribution in [1.82, 2.24) is 0 Å². The summed E-state index contributed by atoms with van der Waals surface area (Å²) in [6.45, 7) is 4.34. The number of carbonyl (C=O) groups is 1. The number of carbonyl (C=O) groups excluding carboxylic acids is 1. The van der Waals surface area contributed by atoms with Crippen LogP contribution < -0.4 is 5.32 Å². The van der Waals surface area contributed by atoms with Gasteiger partial charge in [-0.3, -0.25) is 4.79 Å². The van der Waals surface area contributed by atoms with E-state index in [2.05, 4.69) is 31.3 Å². The molecule has 3 nitrogen and oxygen atoms in total. The number of aliphatic hydroxyl groups is 1. The first kappa shape index (κ1) is 15.2. The van der Waals surface area contributed by atoms with Crippen LogP contribution in [0.2, 0.25) is 0 Å². The fourth-order valence-electron chi connectivity index (χ4n) is 5.69. The standard InChI is InChI=1S/C20H27NO2/c1-13(2)16-3-5-17(6-4-16)21-18(22)19-8-14-7-15(9-19)11-20(23,10-14)12-19/h3-6,13-15,23H,7-12H2,1-2H3,(H,21,22)/t14-,15+,19?,20?. The van der Waals surface area contributed by atoms with Crippen molar-refractivity contribution in [2.24, 2.45) is 17.3 Å². The molecule has 0 spiro atoms. The molecule has 4 fully saturated rings. The summed E-state index contributed by atoms with van der Waals surface area (Å²) in [5, 5.41) is 13.9. The molecule has 1 aromatic rings. The Morgan fingerprint density at radius 3 is 2.26 bits per heavy atom. The lowest BCUT2D eigenvalue weighted by Crippen LogP contribution is -2.59. The minimum Gasteiger partial charge on any atom is -0.390 e. The van der Waals surface area contributed by atoms with Gasteiger partial charge >= 0.3 is 0 Å². The molecule has 4 aliphatic rings. The number of rotatable bonds is 3. The lowest BCUT2D eigenvalue weighted by atomic mass is 9.47. The molecule has 23 heavy (non-hydrogen) atoms. The van der Waals surface area contributed by atoms with E-state index in [1.54, 1.807) is 0 Å². The summed E-state index contributed by atoms with van der Waals surface area (Å²) >= 11 is 0. The number of anilines is 1. The first-order valence-electron chi connectivity index (χ1n) is 9.01. The lowest BCUT2D eigenvalue weighted by molar-refractivity contribution is -0.174. The summed E-state index contributed by atoms with van der Waals surface area (Å²) in [4.78, 5) is 13.0. The maximum atomic E-state index is 13.0. The minimum absolute atomic E-state index is 0.127. The van der Waals surface area contributed by atoms with Crippen molar-refractivity contribution in [2.45, 2.75) is 63.9 Å². The molecule has 1 amide bonds.